The highest BCUT2D eigenvalue weighted by atomic mass is 16.5. The average molecular weight is 585 g/mol. The second-order valence-electron chi connectivity index (χ2n) is 13.1. The van der Waals surface area contributed by atoms with Gasteiger partial charge in [0.05, 0.1) is 17.1 Å². The number of carbonyl (C=O) groups excluding carboxylic acids is 3. The van der Waals surface area contributed by atoms with Gasteiger partial charge in [-0.1, -0.05) is 41.5 Å². The first-order valence-electron chi connectivity index (χ1n) is 14.4. The lowest BCUT2D eigenvalue weighted by atomic mass is 9.72. The third kappa shape index (κ3) is 5.71. The zero-order valence-corrected chi connectivity index (χ0v) is 26.0. The van der Waals surface area contributed by atoms with Gasteiger partial charge in [-0.3, -0.25) is 14.4 Å². The Morgan fingerprint density at radius 2 is 1.48 bits per heavy atom. The summed E-state index contributed by atoms with van der Waals surface area (Å²) in [5.41, 5.74) is -3.41. The molecule has 0 amide bonds. The molecule has 1 aliphatic carbocycles. The highest BCUT2D eigenvalue weighted by molar-refractivity contribution is 6.24. The number of hydrogen-bond acceptors (Lipinski definition) is 9. The Morgan fingerprint density at radius 3 is 2.00 bits per heavy atom. The Hall–Kier alpha value is -3.59. The zero-order chi connectivity index (χ0) is 32.1. The molecule has 5 N–H and O–H groups in total. The number of benzene rings is 1. The summed E-state index contributed by atoms with van der Waals surface area (Å²) >= 11 is 0. The Balaban J connectivity index is 2.23. The van der Waals surface area contributed by atoms with Gasteiger partial charge in [0, 0.05) is 29.4 Å². The van der Waals surface area contributed by atoms with Gasteiger partial charge >= 0.3 is 0 Å². The summed E-state index contributed by atoms with van der Waals surface area (Å²) in [5, 5.41) is 55.4. The molecule has 42 heavy (non-hydrogen) atoms. The molecule has 0 radical (unpaired) electrons. The van der Waals surface area contributed by atoms with Crippen LogP contribution in [-0.4, -0.2) is 54.6 Å². The largest absolute Gasteiger partial charge is 0.511 e. The quantitative estimate of drug-likeness (QED) is 0.167. The summed E-state index contributed by atoms with van der Waals surface area (Å²) in [7, 11) is 0. The molecule has 0 saturated carbocycles. The van der Waals surface area contributed by atoms with Crippen LogP contribution < -0.4 is 4.74 Å². The lowest BCUT2D eigenvalue weighted by Gasteiger charge is -2.35. The number of Topliss-reactive ketones (excluding diaryl/α,β-unsaturated/α-hetero) is 3. The van der Waals surface area contributed by atoms with Gasteiger partial charge in [0.15, 0.2) is 17.3 Å². The first-order valence-corrected chi connectivity index (χ1v) is 14.4. The second kappa shape index (κ2) is 11.6. The monoisotopic (exact) mass is 584 g/mol. The van der Waals surface area contributed by atoms with Crippen molar-refractivity contribution in [3.05, 3.63) is 45.4 Å². The predicted octanol–water partition coefficient (Wildman–Crippen LogP) is 5.90. The molecule has 1 heterocycles. The number of phenolic OH excluding ortho intramolecular Hbond substituents is 2. The minimum absolute atomic E-state index is 0.00993. The van der Waals surface area contributed by atoms with E-state index in [0.29, 0.717) is 12.8 Å². The van der Waals surface area contributed by atoms with Gasteiger partial charge in [-0.2, -0.15) is 0 Å². The lowest BCUT2D eigenvalue weighted by Crippen LogP contribution is -2.38. The fourth-order valence-electron chi connectivity index (χ4n) is 5.18. The van der Waals surface area contributed by atoms with E-state index in [1.54, 1.807) is 46.8 Å². The van der Waals surface area contributed by atoms with E-state index in [-0.39, 0.29) is 33.9 Å². The van der Waals surface area contributed by atoms with Crippen LogP contribution in [0.3, 0.4) is 0 Å². The molecular formula is C33H44O9. The molecule has 1 aromatic carbocycles. The third-order valence-electron chi connectivity index (χ3n) is 8.27. The highest BCUT2D eigenvalue weighted by Gasteiger charge is 2.46. The smallest absolute Gasteiger partial charge is 0.183 e. The van der Waals surface area contributed by atoms with E-state index in [1.165, 1.54) is 13.8 Å². The molecular weight excluding hydrogens is 540 g/mol. The van der Waals surface area contributed by atoms with Gasteiger partial charge < -0.3 is 30.3 Å². The maximum absolute atomic E-state index is 13.5. The molecule has 0 bridgehead atoms. The van der Waals surface area contributed by atoms with Crippen LogP contribution in [0, 0.1) is 23.2 Å². The van der Waals surface area contributed by atoms with Crippen molar-refractivity contribution in [2.45, 2.75) is 93.3 Å². The minimum Gasteiger partial charge on any atom is -0.511 e. The first-order chi connectivity index (χ1) is 19.3. The number of aliphatic hydroxyl groups excluding tert-OH is 3. The lowest BCUT2D eigenvalue weighted by molar-refractivity contribution is -0.128. The van der Waals surface area contributed by atoms with Gasteiger partial charge in [-0.15, -0.1) is 0 Å². The second-order valence-corrected chi connectivity index (χ2v) is 13.1. The number of allylic oxidation sites excluding steroid dienone is 3. The van der Waals surface area contributed by atoms with Crippen molar-refractivity contribution in [1.29, 1.82) is 0 Å². The van der Waals surface area contributed by atoms with E-state index < -0.39 is 81.3 Å². The standard InChI is InChI=1S/C33H44O9/c1-15(2)21(34)11-13-33(9)12-10-18-26(37)19(27(38)22(29(18)42-33)24(35)16(3)4)14-20-28(39)23(25(36)17(5)6)31(41)32(7,8)30(20)40/h10,12,15-17,21,34,37-40H,11,13-14H2,1-9H3. The number of hydrogen-bond donors (Lipinski definition) is 5. The number of ketones is 3. The number of aromatic hydroxyl groups is 2. The van der Waals surface area contributed by atoms with Gasteiger partial charge in [-0.05, 0) is 51.7 Å². The van der Waals surface area contributed by atoms with Crippen molar-refractivity contribution < 1.29 is 44.7 Å². The van der Waals surface area contributed by atoms with Crippen LogP contribution in [0.2, 0.25) is 0 Å². The molecule has 230 valence electrons. The van der Waals surface area contributed by atoms with Crippen LogP contribution in [0.1, 0.15) is 96.6 Å². The average Bonchev–Trinajstić information content (AvgIpc) is 2.90. The van der Waals surface area contributed by atoms with Crippen LogP contribution >= 0.6 is 0 Å². The molecule has 0 saturated heterocycles. The number of aliphatic hydroxyl groups is 3. The van der Waals surface area contributed by atoms with Crippen LogP contribution in [-0.2, 0) is 16.0 Å². The Morgan fingerprint density at radius 1 is 0.905 bits per heavy atom. The van der Waals surface area contributed by atoms with Crippen molar-refractivity contribution in [1.82, 2.24) is 0 Å². The van der Waals surface area contributed by atoms with Crippen molar-refractivity contribution in [2.24, 2.45) is 23.2 Å². The summed E-state index contributed by atoms with van der Waals surface area (Å²) in [4.78, 5) is 39.5. The van der Waals surface area contributed by atoms with Gasteiger partial charge in [0.1, 0.15) is 45.5 Å². The molecule has 2 unspecified atom stereocenters. The number of rotatable bonds is 10. The maximum atomic E-state index is 13.5. The summed E-state index contributed by atoms with van der Waals surface area (Å²) in [6.07, 6.45) is 3.06. The summed E-state index contributed by atoms with van der Waals surface area (Å²) < 4.78 is 6.27. The van der Waals surface area contributed by atoms with Crippen LogP contribution in [0.5, 0.6) is 17.2 Å². The first kappa shape index (κ1) is 32.9. The molecule has 9 heteroatoms. The van der Waals surface area contributed by atoms with E-state index in [4.69, 9.17) is 4.74 Å². The van der Waals surface area contributed by atoms with Crippen LogP contribution in [0.25, 0.3) is 6.08 Å². The minimum atomic E-state index is -1.57. The molecule has 1 aromatic rings. The van der Waals surface area contributed by atoms with E-state index in [1.807, 2.05) is 13.8 Å². The highest BCUT2D eigenvalue weighted by Crippen LogP contribution is 2.50. The zero-order valence-electron chi connectivity index (χ0n) is 26.0. The van der Waals surface area contributed by atoms with Gasteiger partial charge in [0.2, 0.25) is 0 Å². The summed E-state index contributed by atoms with van der Waals surface area (Å²) in [5.74, 6) is -5.25. The van der Waals surface area contributed by atoms with Crippen molar-refractivity contribution in [3.8, 4) is 17.2 Å². The third-order valence-corrected chi connectivity index (χ3v) is 8.27. The topological polar surface area (TPSA) is 162 Å². The summed E-state index contributed by atoms with van der Waals surface area (Å²) in [6.45, 7) is 14.9. The molecule has 9 nitrogen and oxygen atoms in total. The number of ether oxygens (including phenoxy) is 1. The van der Waals surface area contributed by atoms with E-state index in [0.717, 1.165) is 0 Å². The molecule has 0 spiro atoms. The molecule has 2 atom stereocenters. The van der Waals surface area contributed by atoms with Crippen molar-refractivity contribution in [2.75, 3.05) is 0 Å². The number of phenols is 2. The van der Waals surface area contributed by atoms with Gasteiger partial charge in [0.25, 0.3) is 0 Å². The van der Waals surface area contributed by atoms with E-state index in [2.05, 4.69) is 0 Å². The molecule has 0 aromatic heterocycles. The molecule has 2 aliphatic rings. The Bertz CT molecular complexity index is 1400. The van der Waals surface area contributed by atoms with E-state index in [9.17, 15) is 39.9 Å². The molecule has 0 fully saturated rings. The SMILES string of the molecule is CC(C)C(=O)C1=C(O)C(Cc2c(O)c3c(c(C(=O)C(C)C)c2O)OC(C)(CCC(O)C(C)C)C=C3)=C(O)C(C)(C)C1=O. The number of fused-ring (bicyclic) bond motifs is 1. The molecule has 3 rings (SSSR count). The van der Waals surface area contributed by atoms with Crippen molar-refractivity contribution in [3.63, 3.8) is 0 Å². The fourth-order valence-corrected chi connectivity index (χ4v) is 5.18. The Kier molecular flexibility index (Phi) is 9.09. The van der Waals surface area contributed by atoms with Crippen LogP contribution in [0.15, 0.2) is 28.7 Å². The summed E-state index contributed by atoms with van der Waals surface area (Å²) in [6, 6.07) is 0. The predicted molar refractivity (Wildman–Crippen MR) is 159 cm³/mol. The van der Waals surface area contributed by atoms with E-state index >= 15 is 0 Å². The maximum Gasteiger partial charge on any atom is 0.183 e. The molecule has 1 aliphatic heterocycles. The normalized spacial score (nSPS) is 20.8. The fraction of sp³-hybridized carbons (Fsp3) is 0.545. The van der Waals surface area contributed by atoms with Crippen molar-refractivity contribution >= 4 is 23.4 Å². The Labute approximate surface area is 247 Å². The van der Waals surface area contributed by atoms with Crippen LogP contribution in [0.4, 0.5) is 0 Å². The van der Waals surface area contributed by atoms with Gasteiger partial charge in [-0.25, -0.2) is 0 Å². The number of carbonyl (C=O) groups is 3.